The first-order chi connectivity index (χ1) is 13.8. The van der Waals surface area contributed by atoms with E-state index in [4.69, 9.17) is 4.74 Å². The second kappa shape index (κ2) is 7.43. The van der Waals surface area contributed by atoms with Crippen LogP contribution in [-0.2, 0) is 20.0 Å². The Morgan fingerprint density at radius 2 is 1.97 bits per heavy atom. The Morgan fingerprint density at radius 1 is 1.24 bits per heavy atom. The number of methoxy groups -OCH3 is 1. The maximum absolute atomic E-state index is 13.6. The van der Waals surface area contributed by atoms with Crippen LogP contribution in [0.3, 0.4) is 0 Å². The van der Waals surface area contributed by atoms with E-state index in [1.54, 1.807) is 19.4 Å². The molecule has 1 saturated carbocycles. The first-order valence-electron chi connectivity index (χ1n) is 10.1. The summed E-state index contributed by atoms with van der Waals surface area (Å²) in [6.07, 6.45) is 4.00. The molecule has 1 aliphatic heterocycles. The van der Waals surface area contributed by atoms with Crippen molar-refractivity contribution in [3.8, 4) is 5.75 Å². The smallest absolute Gasteiger partial charge is 0.231 e. The van der Waals surface area contributed by atoms with E-state index < -0.39 is 20.5 Å². The molecule has 1 aromatic heterocycles. The number of rotatable bonds is 4. The molecule has 7 heteroatoms. The number of fused-ring (bicyclic) bond motifs is 1. The molecular weight excluding hydrogens is 406 g/mol. The van der Waals surface area contributed by atoms with Gasteiger partial charge in [-0.25, -0.2) is 8.42 Å². The maximum Gasteiger partial charge on any atom is 0.231 e. The van der Waals surface area contributed by atoms with Gasteiger partial charge in [0.05, 0.1) is 23.8 Å². The highest BCUT2D eigenvalue weighted by Gasteiger charge is 2.45. The lowest BCUT2D eigenvalue weighted by molar-refractivity contribution is -0.127. The summed E-state index contributed by atoms with van der Waals surface area (Å²) in [4.78, 5) is 13.6. The summed E-state index contributed by atoms with van der Waals surface area (Å²) in [5.41, 5.74) is 2.17. The predicted molar refractivity (Wildman–Crippen MR) is 114 cm³/mol. The van der Waals surface area contributed by atoms with Gasteiger partial charge in [-0.05, 0) is 61.7 Å². The Balaban J connectivity index is 1.68. The van der Waals surface area contributed by atoms with Gasteiger partial charge in [0.1, 0.15) is 9.96 Å². The monoisotopic (exact) mass is 433 g/mol. The van der Waals surface area contributed by atoms with Crippen LogP contribution in [0.15, 0.2) is 33.9 Å². The van der Waals surface area contributed by atoms with Crippen molar-refractivity contribution < 1.29 is 17.9 Å². The number of hydrogen-bond acceptors (Lipinski definition) is 5. The third-order valence-electron chi connectivity index (χ3n) is 6.55. The lowest BCUT2D eigenvalue weighted by Crippen LogP contribution is -2.46. The zero-order valence-corrected chi connectivity index (χ0v) is 18.7. The van der Waals surface area contributed by atoms with E-state index in [9.17, 15) is 13.2 Å². The highest BCUT2D eigenvalue weighted by molar-refractivity contribution is 7.94. The second-order valence-electron chi connectivity index (χ2n) is 8.25. The molecule has 156 valence electrons. The van der Waals surface area contributed by atoms with E-state index in [0.717, 1.165) is 48.1 Å². The van der Waals surface area contributed by atoms with Crippen LogP contribution < -0.4 is 10.1 Å². The van der Waals surface area contributed by atoms with Crippen LogP contribution >= 0.6 is 11.3 Å². The van der Waals surface area contributed by atoms with E-state index in [1.165, 1.54) is 11.3 Å². The fourth-order valence-electron chi connectivity index (χ4n) is 4.74. The molecule has 0 radical (unpaired) electrons. The van der Waals surface area contributed by atoms with Crippen LogP contribution in [0.4, 0.5) is 0 Å². The Bertz CT molecular complexity index is 1030. The highest BCUT2D eigenvalue weighted by Crippen LogP contribution is 2.45. The van der Waals surface area contributed by atoms with Gasteiger partial charge >= 0.3 is 0 Å². The van der Waals surface area contributed by atoms with Crippen LogP contribution in [0.2, 0.25) is 0 Å². The van der Waals surface area contributed by atoms with Gasteiger partial charge in [-0.15, -0.1) is 11.3 Å². The van der Waals surface area contributed by atoms with Crippen LogP contribution in [0.5, 0.6) is 5.75 Å². The van der Waals surface area contributed by atoms with Gasteiger partial charge in [0.15, 0.2) is 9.84 Å². The van der Waals surface area contributed by atoms with Crippen LogP contribution in [0.25, 0.3) is 0 Å². The van der Waals surface area contributed by atoms with Gasteiger partial charge in [0.2, 0.25) is 5.91 Å². The molecule has 0 saturated heterocycles. The molecular formula is C22H27NO4S2. The van der Waals surface area contributed by atoms with Crippen LogP contribution in [-0.4, -0.2) is 26.7 Å². The zero-order chi connectivity index (χ0) is 20.8. The van der Waals surface area contributed by atoms with Crippen molar-refractivity contribution >= 4 is 27.1 Å². The van der Waals surface area contributed by atoms with E-state index in [2.05, 4.69) is 5.32 Å². The second-order valence-corrected chi connectivity index (χ2v) is 11.7. The molecule has 1 fully saturated rings. The number of hydrogen-bond donors (Lipinski definition) is 1. The molecule has 2 heterocycles. The number of amides is 1. The number of sulfone groups is 1. The van der Waals surface area contributed by atoms with Crippen molar-refractivity contribution in [2.24, 2.45) is 0 Å². The molecule has 0 bridgehead atoms. The molecule has 1 amide bonds. The number of ether oxygens (including phenoxy) is 1. The minimum atomic E-state index is -3.30. The Hall–Kier alpha value is -1.86. The number of nitrogens with one attached hydrogen (secondary N) is 1. The number of aryl methyl sites for hydroxylation is 1. The summed E-state index contributed by atoms with van der Waals surface area (Å²) >= 11 is 1.25. The van der Waals surface area contributed by atoms with Crippen molar-refractivity contribution in [1.82, 2.24) is 5.32 Å². The molecule has 29 heavy (non-hydrogen) atoms. The Morgan fingerprint density at radius 3 is 2.66 bits per heavy atom. The zero-order valence-electron chi connectivity index (χ0n) is 17.0. The Kier molecular flexibility index (Phi) is 5.23. The SMILES string of the molecule is COc1cc(C2(C(=O)N[C@H]3C[C@H](C)S(=O)(=O)c4sccc43)CCCC2)ccc1C. The Labute approximate surface area is 176 Å². The normalized spacial score (nSPS) is 24.7. The van der Waals surface area contributed by atoms with Gasteiger partial charge < -0.3 is 10.1 Å². The van der Waals surface area contributed by atoms with Gasteiger partial charge in [-0.1, -0.05) is 25.0 Å². The third-order valence-corrected chi connectivity index (χ3v) is 10.3. The fraction of sp³-hybridized carbons (Fsp3) is 0.500. The van der Waals surface area contributed by atoms with Crippen LogP contribution in [0, 0.1) is 6.92 Å². The van der Waals surface area contributed by atoms with Gasteiger partial charge in [-0.3, -0.25) is 4.79 Å². The minimum Gasteiger partial charge on any atom is -0.496 e. The summed E-state index contributed by atoms with van der Waals surface area (Å²) in [5, 5.41) is 4.52. The van der Waals surface area contributed by atoms with Gasteiger partial charge in [0, 0.05) is 5.56 Å². The lowest BCUT2D eigenvalue weighted by atomic mass is 9.77. The number of thiophene rings is 1. The van der Waals surface area contributed by atoms with E-state index >= 15 is 0 Å². The average molecular weight is 434 g/mol. The summed E-state index contributed by atoms with van der Waals surface area (Å²) in [6.45, 7) is 3.72. The highest BCUT2D eigenvalue weighted by atomic mass is 32.2. The summed E-state index contributed by atoms with van der Waals surface area (Å²) in [5.74, 6) is 0.786. The van der Waals surface area contributed by atoms with E-state index in [0.29, 0.717) is 10.6 Å². The topological polar surface area (TPSA) is 72.5 Å². The van der Waals surface area contributed by atoms with Crippen molar-refractivity contribution in [2.75, 3.05) is 7.11 Å². The quantitative estimate of drug-likeness (QED) is 0.780. The minimum absolute atomic E-state index is 0.00504. The standard InChI is InChI=1S/C22H27NO4S2/c1-14-6-7-16(13-19(14)27-3)22(9-4-5-10-22)21(24)23-18-12-15(2)29(25,26)20-17(18)8-11-28-20/h6-8,11,13,15,18H,4-5,9-10,12H2,1-3H3,(H,23,24)/t15-,18-/m0/s1. The summed E-state index contributed by atoms with van der Waals surface area (Å²) in [6, 6.07) is 7.60. The molecule has 2 atom stereocenters. The predicted octanol–water partition coefficient (Wildman–Crippen LogP) is 4.30. The molecule has 4 rings (SSSR count). The maximum atomic E-state index is 13.6. The first-order valence-corrected chi connectivity index (χ1v) is 12.5. The fourth-order valence-corrected chi connectivity index (χ4v) is 7.97. The summed E-state index contributed by atoms with van der Waals surface area (Å²) < 4.78 is 31.1. The van der Waals surface area contributed by atoms with E-state index in [-0.39, 0.29) is 11.9 Å². The first kappa shape index (κ1) is 20.4. The van der Waals surface area contributed by atoms with Crippen LogP contribution in [0.1, 0.15) is 61.8 Å². The molecule has 1 aromatic carbocycles. The molecule has 2 aliphatic rings. The van der Waals surface area contributed by atoms with Crippen molar-refractivity contribution in [1.29, 1.82) is 0 Å². The van der Waals surface area contributed by atoms with Crippen molar-refractivity contribution in [3.63, 3.8) is 0 Å². The molecule has 1 N–H and O–H groups in total. The molecule has 2 aromatic rings. The van der Waals surface area contributed by atoms with Crippen molar-refractivity contribution in [2.45, 2.75) is 66.9 Å². The molecule has 5 nitrogen and oxygen atoms in total. The average Bonchev–Trinajstić information content (AvgIpc) is 3.37. The van der Waals surface area contributed by atoms with Gasteiger partial charge in [0.25, 0.3) is 0 Å². The van der Waals surface area contributed by atoms with E-state index in [1.807, 2.05) is 31.2 Å². The molecule has 1 aliphatic carbocycles. The lowest BCUT2D eigenvalue weighted by Gasteiger charge is -2.34. The molecule has 0 unspecified atom stereocenters. The largest absolute Gasteiger partial charge is 0.496 e. The molecule has 0 spiro atoms. The van der Waals surface area contributed by atoms with Crippen molar-refractivity contribution in [3.05, 3.63) is 46.3 Å². The number of benzene rings is 1. The third kappa shape index (κ3) is 3.28. The van der Waals surface area contributed by atoms with Gasteiger partial charge in [-0.2, -0.15) is 0 Å². The summed E-state index contributed by atoms with van der Waals surface area (Å²) in [7, 11) is -1.65. The number of carbonyl (C=O) groups is 1. The number of carbonyl (C=O) groups excluding carboxylic acids is 1.